The van der Waals surface area contributed by atoms with Crippen LogP contribution in [0.5, 0.6) is 0 Å². The van der Waals surface area contributed by atoms with Gasteiger partial charge in [-0.05, 0) is 45.0 Å². The Kier molecular flexibility index (Phi) is 3.82. The van der Waals surface area contributed by atoms with Crippen LogP contribution in [0.2, 0.25) is 0 Å². The lowest BCUT2D eigenvalue weighted by molar-refractivity contribution is 0.560. The van der Waals surface area contributed by atoms with Gasteiger partial charge in [-0.3, -0.25) is 4.68 Å². The smallest absolute Gasteiger partial charge is 0.0748 e. The second kappa shape index (κ2) is 5.36. The van der Waals surface area contributed by atoms with Crippen LogP contribution >= 0.6 is 0 Å². The highest BCUT2D eigenvalue weighted by Crippen LogP contribution is 2.25. The maximum absolute atomic E-state index is 4.53. The van der Waals surface area contributed by atoms with Crippen molar-refractivity contribution in [3.8, 4) is 0 Å². The minimum Gasteiger partial charge on any atom is -0.308 e. The first-order chi connectivity index (χ1) is 8.67. The van der Waals surface area contributed by atoms with Gasteiger partial charge in [-0.1, -0.05) is 24.3 Å². The zero-order chi connectivity index (χ0) is 13.1. The molecule has 0 fully saturated rings. The second-order valence-corrected chi connectivity index (χ2v) is 4.60. The Labute approximate surface area is 109 Å². The third-order valence-corrected chi connectivity index (χ3v) is 3.32. The van der Waals surface area contributed by atoms with Crippen LogP contribution in [0.3, 0.4) is 0 Å². The molecule has 0 saturated carbocycles. The van der Waals surface area contributed by atoms with Crippen molar-refractivity contribution in [1.82, 2.24) is 15.1 Å². The van der Waals surface area contributed by atoms with Gasteiger partial charge < -0.3 is 5.32 Å². The number of aromatic nitrogens is 2. The molecule has 1 heterocycles. The van der Waals surface area contributed by atoms with E-state index in [0.717, 1.165) is 12.2 Å². The Hall–Kier alpha value is -1.61. The summed E-state index contributed by atoms with van der Waals surface area (Å²) in [5, 5.41) is 7.93. The van der Waals surface area contributed by atoms with Crippen molar-refractivity contribution in [2.75, 3.05) is 7.05 Å². The molecule has 96 valence electrons. The normalized spacial score (nSPS) is 12.7. The third kappa shape index (κ3) is 2.31. The van der Waals surface area contributed by atoms with E-state index in [9.17, 15) is 0 Å². The van der Waals surface area contributed by atoms with Gasteiger partial charge in [-0.25, -0.2) is 0 Å². The molecule has 0 saturated heterocycles. The van der Waals surface area contributed by atoms with Crippen LogP contribution < -0.4 is 5.32 Å². The Bertz CT molecular complexity index is 528. The van der Waals surface area contributed by atoms with Crippen LogP contribution in [0, 0.1) is 13.8 Å². The molecule has 0 aliphatic rings. The second-order valence-electron chi connectivity index (χ2n) is 4.60. The topological polar surface area (TPSA) is 29.9 Å². The van der Waals surface area contributed by atoms with Gasteiger partial charge in [-0.15, -0.1) is 0 Å². The lowest BCUT2D eigenvalue weighted by Gasteiger charge is -2.19. The zero-order valence-corrected chi connectivity index (χ0v) is 11.6. The lowest BCUT2D eigenvalue weighted by atomic mass is 9.98. The fourth-order valence-electron chi connectivity index (χ4n) is 2.42. The minimum atomic E-state index is 0.201. The van der Waals surface area contributed by atoms with Crippen molar-refractivity contribution in [1.29, 1.82) is 0 Å². The molecule has 1 N–H and O–H groups in total. The Morgan fingerprint density at radius 3 is 2.61 bits per heavy atom. The summed E-state index contributed by atoms with van der Waals surface area (Å²) in [5.74, 6) is 0. The van der Waals surface area contributed by atoms with Gasteiger partial charge in [0.25, 0.3) is 0 Å². The first-order valence-electron chi connectivity index (χ1n) is 6.44. The summed E-state index contributed by atoms with van der Waals surface area (Å²) in [4.78, 5) is 0. The summed E-state index contributed by atoms with van der Waals surface area (Å²) in [6.45, 7) is 7.22. The fraction of sp³-hybridized carbons (Fsp3) is 0.400. The fourth-order valence-corrected chi connectivity index (χ4v) is 2.42. The molecule has 0 spiro atoms. The summed E-state index contributed by atoms with van der Waals surface area (Å²) in [6.07, 6.45) is 0. The molecular weight excluding hydrogens is 222 g/mol. The Balaban J connectivity index is 2.48. The van der Waals surface area contributed by atoms with Crippen LogP contribution in [-0.2, 0) is 6.54 Å². The number of rotatable bonds is 4. The van der Waals surface area contributed by atoms with Crippen molar-refractivity contribution in [3.05, 3.63) is 52.8 Å². The molecule has 3 heteroatoms. The number of benzene rings is 1. The predicted octanol–water partition coefficient (Wildman–Crippen LogP) is 2.83. The van der Waals surface area contributed by atoms with E-state index in [1.807, 2.05) is 14.0 Å². The minimum absolute atomic E-state index is 0.201. The van der Waals surface area contributed by atoms with Crippen molar-refractivity contribution < 1.29 is 0 Å². The van der Waals surface area contributed by atoms with E-state index in [1.165, 1.54) is 16.8 Å². The van der Waals surface area contributed by atoms with E-state index < -0.39 is 0 Å². The van der Waals surface area contributed by atoms with Crippen molar-refractivity contribution >= 4 is 0 Å². The quantitative estimate of drug-likeness (QED) is 0.895. The van der Waals surface area contributed by atoms with Crippen LogP contribution in [0.25, 0.3) is 0 Å². The average molecular weight is 243 g/mol. The summed E-state index contributed by atoms with van der Waals surface area (Å²) >= 11 is 0. The van der Waals surface area contributed by atoms with E-state index in [1.54, 1.807) is 0 Å². The van der Waals surface area contributed by atoms with Gasteiger partial charge in [-0.2, -0.15) is 5.10 Å². The molecule has 0 amide bonds. The van der Waals surface area contributed by atoms with Crippen molar-refractivity contribution in [3.63, 3.8) is 0 Å². The van der Waals surface area contributed by atoms with Gasteiger partial charge in [0.2, 0.25) is 0 Å². The van der Waals surface area contributed by atoms with Gasteiger partial charge >= 0.3 is 0 Å². The molecule has 1 aromatic carbocycles. The molecule has 2 aromatic rings. The van der Waals surface area contributed by atoms with Gasteiger partial charge in [0, 0.05) is 6.54 Å². The molecule has 0 radical (unpaired) electrons. The molecule has 1 unspecified atom stereocenters. The number of hydrogen-bond donors (Lipinski definition) is 1. The van der Waals surface area contributed by atoms with Crippen LogP contribution in [-0.4, -0.2) is 16.8 Å². The first-order valence-corrected chi connectivity index (χ1v) is 6.44. The van der Waals surface area contributed by atoms with Crippen molar-refractivity contribution in [2.45, 2.75) is 33.4 Å². The predicted molar refractivity (Wildman–Crippen MR) is 74.7 cm³/mol. The van der Waals surface area contributed by atoms with Gasteiger partial charge in [0.05, 0.1) is 17.4 Å². The zero-order valence-electron chi connectivity index (χ0n) is 11.6. The molecule has 3 nitrogen and oxygen atoms in total. The molecule has 0 aliphatic carbocycles. The highest BCUT2D eigenvalue weighted by Gasteiger charge is 2.18. The maximum atomic E-state index is 4.53. The highest BCUT2D eigenvalue weighted by molar-refractivity contribution is 5.34. The summed E-state index contributed by atoms with van der Waals surface area (Å²) in [7, 11) is 2.00. The molecule has 1 atom stereocenters. The van der Waals surface area contributed by atoms with Gasteiger partial charge in [0.15, 0.2) is 0 Å². The van der Waals surface area contributed by atoms with Crippen LogP contribution in [0.15, 0.2) is 30.3 Å². The monoisotopic (exact) mass is 243 g/mol. The summed E-state index contributed by atoms with van der Waals surface area (Å²) in [6, 6.07) is 10.9. The molecular formula is C15H21N3. The van der Waals surface area contributed by atoms with E-state index in [2.05, 4.69) is 59.3 Å². The number of nitrogens with zero attached hydrogens (tertiary/aromatic N) is 2. The number of nitrogens with one attached hydrogen (secondary N) is 1. The molecule has 1 aromatic heterocycles. The van der Waals surface area contributed by atoms with Crippen molar-refractivity contribution in [2.24, 2.45) is 0 Å². The van der Waals surface area contributed by atoms with E-state index in [0.29, 0.717) is 0 Å². The van der Waals surface area contributed by atoms with E-state index in [4.69, 9.17) is 0 Å². The average Bonchev–Trinajstić information content (AvgIpc) is 2.74. The Morgan fingerprint density at radius 2 is 2.00 bits per heavy atom. The largest absolute Gasteiger partial charge is 0.308 e. The molecule has 0 aliphatic heterocycles. The van der Waals surface area contributed by atoms with Gasteiger partial charge in [0.1, 0.15) is 0 Å². The standard InChI is InChI=1S/C15H21N3/c1-5-18-14(10-12(3)17-18)15(16-4)13-9-7-6-8-11(13)2/h6-10,15-16H,5H2,1-4H3. The Morgan fingerprint density at radius 1 is 1.28 bits per heavy atom. The number of aryl methyl sites for hydroxylation is 3. The highest BCUT2D eigenvalue weighted by atomic mass is 15.3. The van der Waals surface area contributed by atoms with Crippen LogP contribution in [0.1, 0.15) is 35.5 Å². The van der Waals surface area contributed by atoms with Crippen LogP contribution in [0.4, 0.5) is 0 Å². The number of hydrogen-bond acceptors (Lipinski definition) is 2. The first kappa shape index (κ1) is 12.8. The molecule has 18 heavy (non-hydrogen) atoms. The van der Waals surface area contributed by atoms with E-state index in [-0.39, 0.29) is 6.04 Å². The summed E-state index contributed by atoms with van der Waals surface area (Å²) in [5.41, 5.74) is 4.92. The lowest BCUT2D eigenvalue weighted by Crippen LogP contribution is -2.22. The summed E-state index contributed by atoms with van der Waals surface area (Å²) < 4.78 is 2.07. The maximum Gasteiger partial charge on any atom is 0.0748 e. The molecule has 0 bridgehead atoms. The van der Waals surface area contributed by atoms with E-state index >= 15 is 0 Å². The molecule has 2 rings (SSSR count). The third-order valence-electron chi connectivity index (χ3n) is 3.32. The SMILES string of the molecule is CCn1nc(C)cc1C(NC)c1ccccc1C.